The predicted molar refractivity (Wildman–Crippen MR) is 119 cm³/mol. The third-order valence-corrected chi connectivity index (χ3v) is 7.45. The van der Waals surface area contributed by atoms with Crippen molar-refractivity contribution < 1.29 is 14.1 Å². The minimum Gasteiger partial charge on any atom is -0.361 e. The van der Waals surface area contributed by atoms with Gasteiger partial charge in [0, 0.05) is 52.1 Å². The Morgan fingerprint density at radius 2 is 1.84 bits per heavy atom. The second kappa shape index (κ2) is 8.01. The minimum atomic E-state index is -0.339. The molecule has 0 N–H and O–H groups in total. The molecular formula is C24H31N5O3. The number of likely N-dealkylation sites (N-methyl/N-ethyl adjacent to an activating group) is 1. The van der Waals surface area contributed by atoms with Gasteiger partial charge in [-0.1, -0.05) is 35.5 Å². The molecule has 0 bridgehead atoms. The van der Waals surface area contributed by atoms with Gasteiger partial charge in [-0.3, -0.25) is 14.5 Å². The third-order valence-electron chi connectivity index (χ3n) is 7.45. The second-order valence-corrected chi connectivity index (χ2v) is 9.36. The summed E-state index contributed by atoms with van der Waals surface area (Å²) in [6.07, 6.45) is 1.50. The van der Waals surface area contributed by atoms with Crippen molar-refractivity contribution in [2.75, 3.05) is 39.8 Å². The van der Waals surface area contributed by atoms with Crippen molar-refractivity contribution in [3.8, 4) is 0 Å². The summed E-state index contributed by atoms with van der Waals surface area (Å²) < 4.78 is 5.22. The van der Waals surface area contributed by atoms with Gasteiger partial charge in [-0.2, -0.15) is 0 Å². The molecule has 5 rings (SSSR count). The molecule has 32 heavy (non-hydrogen) atoms. The van der Waals surface area contributed by atoms with Gasteiger partial charge in [0.05, 0.1) is 5.69 Å². The molecular weight excluding hydrogens is 406 g/mol. The van der Waals surface area contributed by atoms with Gasteiger partial charge in [0.2, 0.25) is 5.91 Å². The molecule has 3 aliphatic rings. The Hall–Kier alpha value is -2.71. The summed E-state index contributed by atoms with van der Waals surface area (Å²) >= 11 is 0. The Kier molecular flexibility index (Phi) is 5.29. The number of benzene rings is 1. The average Bonchev–Trinajstić information content (AvgIpc) is 3.24. The summed E-state index contributed by atoms with van der Waals surface area (Å²) in [6, 6.07) is 10.1. The van der Waals surface area contributed by atoms with Crippen LogP contribution in [0, 0.1) is 13.8 Å². The zero-order valence-corrected chi connectivity index (χ0v) is 19.1. The molecule has 8 heteroatoms. The number of carbonyl (C=O) groups excluding carboxylic acids is 2. The molecule has 8 nitrogen and oxygen atoms in total. The van der Waals surface area contributed by atoms with Crippen molar-refractivity contribution in [2.45, 2.75) is 44.9 Å². The number of hydrogen-bond donors (Lipinski definition) is 0. The van der Waals surface area contributed by atoms with E-state index in [9.17, 15) is 9.59 Å². The fraction of sp³-hybridized carbons (Fsp3) is 0.542. The highest BCUT2D eigenvalue weighted by molar-refractivity contribution is 5.96. The molecule has 1 aromatic heterocycles. The highest BCUT2D eigenvalue weighted by Gasteiger charge is 2.58. The van der Waals surface area contributed by atoms with Gasteiger partial charge in [-0.25, -0.2) is 0 Å². The number of hydrogen-bond acceptors (Lipinski definition) is 6. The lowest BCUT2D eigenvalue weighted by atomic mass is 9.92. The second-order valence-electron chi connectivity index (χ2n) is 9.36. The Labute approximate surface area is 188 Å². The topological polar surface area (TPSA) is 73.1 Å². The number of carbonyl (C=O) groups is 2. The van der Waals surface area contributed by atoms with E-state index in [1.807, 2.05) is 23.1 Å². The molecule has 0 aliphatic carbocycles. The molecule has 170 valence electrons. The van der Waals surface area contributed by atoms with Crippen LogP contribution in [-0.2, 0) is 11.3 Å². The highest BCUT2D eigenvalue weighted by Crippen LogP contribution is 2.42. The number of piperidine rings is 1. The van der Waals surface area contributed by atoms with Crippen LogP contribution in [0.25, 0.3) is 0 Å². The van der Waals surface area contributed by atoms with Gasteiger partial charge in [-0.05, 0) is 26.5 Å². The molecule has 1 atom stereocenters. The van der Waals surface area contributed by atoms with Gasteiger partial charge >= 0.3 is 0 Å². The van der Waals surface area contributed by atoms with Gasteiger partial charge in [-0.15, -0.1) is 0 Å². The number of amides is 2. The highest BCUT2D eigenvalue weighted by atomic mass is 16.5. The Balaban J connectivity index is 1.41. The van der Waals surface area contributed by atoms with E-state index in [1.54, 1.807) is 13.8 Å². The van der Waals surface area contributed by atoms with Crippen LogP contribution in [0.1, 0.15) is 40.2 Å². The van der Waals surface area contributed by atoms with E-state index in [-0.39, 0.29) is 23.5 Å². The average molecular weight is 438 g/mol. The van der Waals surface area contributed by atoms with Crippen LogP contribution < -0.4 is 0 Å². The number of likely N-dealkylation sites (tertiary alicyclic amines) is 1. The molecule has 0 radical (unpaired) electrons. The van der Waals surface area contributed by atoms with Crippen molar-refractivity contribution in [2.24, 2.45) is 0 Å². The number of fused-ring (bicyclic) bond motifs is 2. The predicted octanol–water partition coefficient (Wildman–Crippen LogP) is 1.88. The summed E-state index contributed by atoms with van der Waals surface area (Å²) in [5.74, 6) is 0.754. The quantitative estimate of drug-likeness (QED) is 0.730. The summed E-state index contributed by atoms with van der Waals surface area (Å²) in [5, 5.41) is 3.94. The fourth-order valence-electron chi connectivity index (χ4n) is 5.73. The van der Waals surface area contributed by atoms with Crippen molar-refractivity contribution in [3.63, 3.8) is 0 Å². The summed E-state index contributed by atoms with van der Waals surface area (Å²) in [4.78, 5) is 35.5. The van der Waals surface area contributed by atoms with Gasteiger partial charge in [0.25, 0.3) is 5.91 Å². The minimum absolute atomic E-state index is 0.0232. The lowest BCUT2D eigenvalue weighted by molar-refractivity contribution is -0.134. The number of nitrogens with zero attached hydrogens (tertiary/aromatic N) is 5. The molecule has 0 unspecified atom stereocenters. The van der Waals surface area contributed by atoms with Crippen LogP contribution in [-0.4, -0.2) is 88.0 Å². The maximum atomic E-state index is 13.6. The lowest BCUT2D eigenvalue weighted by Crippen LogP contribution is -2.63. The van der Waals surface area contributed by atoms with Gasteiger partial charge in [0.1, 0.15) is 23.0 Å². The number of piperazine rings is 1. The molecule has 2 aromatic rings. The van der Waals surface area contributed by atoms with Gasteiger partial charge < -0.3 is 19.2 Å². The normalized spacial score (nSPS) is 23.7. The van der Waals surface area contributed by atoms with Crippen molar-refractivity contribution in [1.29, 1.82) is 0 Å². The Morgan fingerprint density at radius 1 is 1.12 bits per heavy atom. The standard InChI is InChI=1S/C24H31N5O3/c1-17-21(18(2)32-25-17)23(31)27-11-9-24(10-12-27)28-14-13-26(3)16-20(28)22(30)29(24)15-19-7-5-4-6-8-19/h4-8,20H,9-16H2,1-3H3/t20-/m1/s1. The van der Waals surface area contributed by atoms with Crippen molar-refractivity contribution in [1.82, 2.24) is 24.8 Å². The zero-order valence-electron chi connectivity index (χ0n) is 19.1. The number of aryl methyl sites for hydroxylation is 2. The van der Waals surface area contributed by atoms with E-state index >= 15 is 0 Å². The van der Waals surface area contributed by atoms with E-state index in [4.69, 9.17) is 4.52 Å². The van der Waals surface area contributed by atoms with Crippen LogP contribution in [0.5, 0.6) is 0 Å². The van der Waals surface area contributed by atoms with E-state index in [0.717, 1.165) is 38.0 Å². The first-order valence-corrected chi connectivity index (χ1v) is 11.4. The largest absolute Gasteiger partial charge is 0.361 e. The first-order chi connectivity index (χ1) is 15.4. The SMILES string of the molecule is Cc1noc(C)c1C(=O)N1CCC2(CC1)N(Cc1ccccc1)C(=O)[C@H]1CN(C)CCN12. The molecule has 4 heterocycles. The van der Waals surface area contributed by atoms with E-state index in [0.29, 0.717) is 36.7 Å². The molecule has 2 amide bonds. The third kappa shape index (κ3) is 3.33. The Morgan fingerprint density at radius 3 is 2.50 bits per heavy atom. The molecule has 3 aliphatic heterocycles. The fourth-order valence-corrected chi connectivity index (χ4v) is 5.73. The van der Waals surface area contributed by atoms with Crippen LogP contribution in [0.3, 0.4) is 0 Å². The molecule has 1 spiro atoms. The first kappa shape index (κ1) is 21.2. The number of rotatable bonds is 3. The van der Waals surface area contributed by atoms with Crippen LogP contribution in [0.2, 0.25) is 0 Å². The first-order valence-electron chi connectivity index (χ1n) is 11.4. The van der Waals surface area contributed by atoms with E-state index in [2.05, 4.69) is 39.0 Å². The molecule has 3 saturated heterocycles. The zero-order chi connectivity index (χ0) is 22.5. The van der Waals surface area contributed by atoms with Crippen molar-refractivity contribution in [3.05, 3.63) is 52.9 Å². The molecule has 1 aromatic carbocycles. The van der Waals surface area contributed by atoms with Crippen LogP contribution in [0.4, 0.5) is 0 Å². The maximum absolute atomic E-state index is 13.6. The molecule has 0 saturated carbocycles. The summed E-state index contributed by atoms with van der Waals surface area (Å²) in [5.41, 5.74) is 2.01. The lowest BCUT2D eigenvalue weighted by Gasteiger charge is -2.50. The summed E-state index contributed by atoms with van der Waals surface area (Å²) in [6.45, 7) is 8.00. The maximum Gasteiger partial charge on any atom is 0.259 e. The van der Waals surface area contributed by atoms with Crippen LogP contribution in [0.15, 0.2) is 34.9 Å². The monoisotopic (exact) mass is 437 g/mol. The Bertz CT molecular complexity index is 992. The molecule has 3 fully saturated rings. The van der Waals surface area contributed by atoms with Crippen LogP contribution >= 0.6 is 0 Å². The van der Waals surface area contributed by atoms with E-state index < -0.39 is 0 Å². The van der Waals surface area contributed by atoms with E-state index in [1.165, 1.54) is 0 Å². The summed E-state index contributed by atoms with van der Waals surface area (Å²) in [7, 11) is 2.09. The smallest absolute Gasteiger partial charge is 0.259 e. The van der Waals surface area contributed by atoms with Crippen molar-refractivity contribution >= 4 is 11.8 Å². The number of aromatic nitrogens is 1. The van der Waals surface area contributed by atoms with Gasteiger partial charge in [0.15, 0.2) is 0 Å².